The summed E-state index contributed by atoms with van der Waals surface area (Å²) in [6, 6.07) is -3.67. The van der Waals surface area contributed by atoms with Gasteiger partial charge in [-0.05, 0) is 19.8 Å². The van der Waals surface area contributed by atoms with Crippen LogP contribution >= 0.6 is 0 Å². The van der Waals surface area contributed by atoms with Crippen LogP contribution in [0.3, 0.4) is 0 Å². The fraction of sp³-hybridized carbons (Fsp3) is 0.920. The zero-order valence-electron chi connectivity index (χ0n) is 23.6. The Morgan fingerprint density at radius 1 is 0.857 bits per heavy atom. The topological polar surface area (TPSA) is 313 Å². The van der Waals surface area contributed by atoms with Crippen LogP contribution in [0.5, 0.6) is 0 Å². The van der Waals surface area contributed by atoms with Gasteiger partial charge in [0.1, 0.15) is 42.9 Å². The fourth-order valence-corrected chi connectivity index (χ4v) is 5.85. The summed E-state index contributed by atoms with van der Waals surface area (Å²) in [6.07, 6.45) is -11.0. The van der Waals surface area contributed by atoms with E-state index in [1.165, 1.54) is 0 Å². The van der Waals surface area contributed by atoms with Gasteiger partial charge >= 0.3 is 0 Å². The summed E-state index contributed by atoms with van der Waals surface area (Å²) in [5, 5.41) is 52.6. The molecule has 0 radical (unpaired) electrons. The average molecular weight is 609 g/mol. The monoisotopic (exact) mass is 608 g/mol. The number of hydrogen-bond donors (Lipinski definition) is 11. The summed E-state index contributed by atoms with van der Waals surface area (Å²) in [7, 11) is 0. The Balaban J connectivity index is 1.48. The maximum atomic E-state index is 11.1. The lowest BCUT2D eigenvalue weighted by Crippen LogP contribution is -2.66. The van der Waals surface area contributed by atoms with Crippen molar-refractivity contribution < 1.29 is 54.0 Å². The summed E-state index contributed by atoms with van der Waals surface area (Å²) in [5.74, 6) is 0.115. The molecule has 0 aromatic rings. The van der Waals surface area contributed by atoms with Crippen LogP contribution in [-0.4, -0.2) is 143 Å². The first-order valence-corrected chi connectivity index (χ1v) is 14.3. The normalized spacial score (nSPS) is 50.0. The summed E-state index contributed by atoms with van der Waals surface area (Å²) in [5.41, 5.74) is 36.3. The van der Waals surface area contributed by atoms with E-state index in [1.54, 1.807) is 6.92 Å². The van der Waals surface area contributed by atoms with Crippen LogP contribution in [0.25, 0.3) is 0 Å². The van der Waals surface area contributed by atoms with Crippen molar-refractivity contribution in [3.8, 4) is 0 Å². The number of nitrogens with two attached hydrogens (primary N) is 6. The van der Waals surface area contributed by atoms with Gasteiger partial charge in [-0.1, -0.05) is 0 Å². The second-order valence-electron chi connectivity index (χ2n) is 11.7. The Hall–Kier alpha value is -1.26. The molecule has 1 saturated carbocycles. The molecule has 3 aliphatic heterocycles. The molecule has 0 aromatic carbocycles. The van der Waals surface area contributed by atoms with E-state index in [-0.39, 0.29) is 31.6 Å². The molecule has 4 fully saturated rings. The van der Waals surface area contributed by atoms with Crippen molar-refractivity contribution >= 4 is 0 Å². The number of aliphatic hydroxyl groups is 5. The maximum absolute atomic E-state index is 11.1. The molecular formula is C25H48N6O11. The first-order valence-electron chi connectivity index (χ1n) is 14.3. The van der Waals surface area contributed by atoms with E-state index >= 15 is 0 Å². The quantitative estimate of drug-likeness (QED) is 0.108. The highest BCUT2D eigenvalue weighted by molar-refractivity contribution is 5.08. The highest BCUT2D eigenvalue weighted by Gasteiger charge is 2.52. The lowest BCUT2D eigenvalue weighted by molar-refractivity contribution is -0.297. The largest absolute Gasteiger partial charge is 0.489 e. The lowest BCUT2D eigenvalue weighted by Gasteiger charge is -2.46. The minimum Gasteiger partial charge on any atom is -0.489 e. The van der Waals surface area contributed by atoms with Crippen LogP contribution in [0.1, 0.15) is 26.2 Å². The maximum Gasteiger partial charge on any atom is 0.188 e. The van der Waals surface area contributed by atoms with Gasteiger partial charge in [-0.3, -0.25) is 0 Å². The van der Waals surface area contributed by atoms with E-state index < -0.39 is 110 Å². The molecule has 244 valence electrons. The van der Waals surface area contributed by atoms with Crippen molar-refractivity contribution in [2.45, 2.75) is 130 Å². The van der Waals surface area contributed by atoms with Gasteiger partial charge in [0.15, 0.2) is 24.4 Å². The molecule has 0 aromatic heterocycles. The second-order valence-corrected chi connectivity index (χ2v) is 11.7. The molecule has 17 N–H and O–H groups in total. The molecule has 4 rings (SSSR count). The van der Waals surface area contributed by atoms with Gasteiger partial charge in [0, 0.05) is 31.1 Å². The Bertz CT molecular complexity index is 907. The molecule has 0 spiro atoms. The molecule has 3 heterocycles. The van der Waals surface area contributed by atoms with Crippen LogP contribution in [0.15, 0.2) is 12.0 Å². The molecular weight excluding hydrogens is 560 g/mol. The number of hydrogen-bond acceptors (Lipinski definition) is 17. The van der Waals surface area contributed by atoms with E-state index in [4.69, 9.17) is 62.8 Å². The summed E-state index contributed by atoms with van der Waals surface area (Å²) >= 11 is 0. The highest BCUT2D eigenvalue weighted by atomic mass is 16.7. The molecule has 1 aliphatic carbocycles. The smallest absolute Gasteiger partial charge is 0.188 e. The molecule has 0 bridgehead atoms. The molecule has 17 atom stereocenters. The highest BCUT2D eigenvalue weighted by Crippen LogP contribution is 2.33. The molecule has 4 aliphatic rings. The number of rotatable bonds is 9. The Morgan fingerprint density at radius 3 is 2.19 bits per heavy atom. The standard InChI is InChI=1S/C25H48N6O11/c1-8(27)20-14(34)4-12(30)24(40-20)41-21-11(29)3-10(28)18(35)23(21)42-25-19(36)22(15(6-32)39-25)37-7-16-17(31)13(33)2-9(5-26)38-16/h7-15,17-25,32-36H,2-6,26-31H2,1H3/b16-7+/t8-,9+,10+,11-,12+,13-,14-,15+,17+,18-,19+,20+,21+,22+,23+,24+,25-/m0/s1. The van der Waals surface area contributed by atoms with Crippen molar-refractivity contribution in [2.75, 3.05) is 13.2 Å². The predicted molar refractivity (Wildman–Crippen MR) is 144 cm³/mol. The van der Waals surface area contributed by atoms with Crippen molar-refractivity contribution in [2.24, 2.45) is 34.4 Å². The molecule has 17 nitrogen and oxygen atoms in total. The Morgan fingerprint density at radius 2 is 1.55 bits per heavy atom. The SMILES string of the molecule is C[C@H](N)[C@H]1O[C@H](O[C@H]2[C@H](O[C@@H]3O[C@H](CO)[C@@H](O/C=C4/O[C@@H](CN)C[C@H](O)[C@H]4N)[C@H]3O)[C@@H](O)[C@H](N)C[C@@H]2N)[C@H](N)C[C@@H]1O. The molecule has 17 heteroatoms. The fourth-order valence-electron chi connectivity index (χ4n) is 5.85. The van der Waals surface area contributed by atoms with Crippen molar-refractivity contribution in [3.05, 3.63) is 12.0 Å². The predicted octanol–water partition coefficient (Wildman–Crippen LogP) is -5.93. The summed E-state index contributed by atoms with van der Waals surface area (Å²) in [4.78, 5) is 0. The van der Waals surface area contributed by atoms with Gasteiger partial charge in [0.25, 0.3) is 0 Å². The minimum absolute atomic E-state index is 0.115. The summed E-state index contributed by atoms with van der Waals surface area (Å²) < 4.78 is 35.2. The van der Waals surface area contributed by atoms with Gasteiger partial charge < -0.3 is 88.4 Å². The average Bonchev–Trinajstić information content (AvgIpc) is 3.24. The van der Waals surface area contributed by atoms with Gasteiger partial charge in [-0.25, -0.2) is 0 Å². The van der Waals surface area contributed by atoms with Crippen LogP contribution in [0, 0.1) is 0 Å². The van der Waals surface area contributed by atoms with E-state index in [0.717, 1.165) is 6.26 Å². The number of aliphatic hydroxyl groups excluding tert-OH is 5. The van der Waals surface area contributed by atoms with Gasteiger partial charge in [0.2, 0.25) is 0 Å². The van der Waals surface area contributed by atoms with Crippen LogP contribution in [0.4, 0.5) is 0 Å². The third-order valence-corrected chi connectivity index (χ3v) is 8.33. The molecule has 0 amide bonds. The number of ether oxygens (including phenoxy) is 6. The van der Waals surface area contributed by atoms with Gasteiger partial charge in [-0.15, -0.1) is 0 Å². The Labute approximate surface area is 243 Å². The third kappa shape index (κ3) is 7.17. The third-order valence-electron chi connectivity index (χ3n) is 8.33. The zero-order valence-corrected chi connectivity index (χ0v) is 23.6. The molecule has 3 saturated heterocycles. The lowest BCUT2D eigenvalue weighted by atomic mass is 9.84. The van der Waals surface area contributed by atoms with Gasteiger partial charge in [-0.2, -0.15) is 0 Å². The minimum atomic E-state index is -1.47. The summed E-state index contributed by atoms with van der Waals surface area (Å²) in [6.45, 7) is 1.27. The van der Waals surface area contributed by atoms with E-state index in [9.17, 15) is 25.5 Å². The second kappa shape index (κ2) is 14.2. The first-order chi connectivity index (χ1) is 19.9. The molecule has 0 unspecified atom stereocenters. The van der Waals surface area contributed by atoms with Crippen molar-refractivity contribution in [1.29, 1.82) is 0 Å². The first kappa shape index (κ1) is 33.6. The Kier molecular flexibility index (Phi) is 11.4. The zero-order chi connectivity index (χ0) is 30.9. The van der Waals surface area contributed by atoms with E-state index in [0.29, 0.717) is 0 Å². The molecule has 42 heavy (non-hydrogen) atoms. The van der Waals surface area contributed by atoms with Crippen molar-refractivity contribution in [3.63, 3.8) is 0 Å². The van der Waals surface area contributed by atoms with Gasteiger partial charge in [0.05, 0.1) is 37.0 Å². The van der Waals surface area contributed by atoms with Crippen molar-refractivity contribution in [1.82, 2.24) is 0 Å². The van der Waals surface area contributed by atoms with Crippen LogP contribution in [0.2, 0.25) is 0 Å². The van der Waals surface area contributed by atoms with Crippen LogP contribution in [-0.2, 0) is 28.4 Å². The van der Waals surface area contributed by atoms with E-state index in [2.05, 4.69) is 0 Å². The van der Waals surface area contributed by atoms with Crippen LogP contribution < -0.4 is 34.4 Å². The van der Waals surface area contributed by atoms with E-state index in [1.807, 2.05) is 0 Å².